The zero-order valence-electron chi connectivity index (χ0n) is 19.4. The summed E-state index contributed by atoms with van der Waals surface area (Å²) >= 11 is 0. The zero-order valence-corrected chi connectivity index (χ0v) is 24.5. The molecule has 2 radical (unpaired) electrons. The molecule has 0 nitrogen and oxygen atoms in total. The first-order valence-corrected chi connectivity index (χ1v) is 11.6. The third kappa shape index (κ3) is 7.79. The molecule has 0 unspecified atom stereocenters. The van der Waals surface area contributed by atoms with Gasteiger partial charge in [0.25, 0.3) is 0 Å². The molecule has 0 fully saturated rings. The van der Waals surface area contributed by atoms with E-state index < -0.39 is 0 Å². The van der Waals surface area contributed by atoms with Crippen molar-refractivity contribution in [2.75, 3.05) is 0 Å². The molecule has 4 rings (SSSR count). The maximum absolute atomic E-state index is 2.26. The Morgan fingerprint density at radius 2 is 0.833 bits per heavy atom. The van der Waals surface area contributed by atoms with Crippen LogP contribution < -0.4 is 0 Å². The summed E-state index contributed by atoms with van der Waals surface area (Å²) in [4.78, 5) is 0. The van der Waals surface area contributed by atoms with Crippen LogP contribution in [0.3, 0.4) is 0 Å². The van der Waals surface area contributed by atoms with E-state index in [0.29, 0.717) is 0 Å². The quantitative estimate of drug-likeness (QED) is 0.156. The minimum absolute atomic E-state index is 0. The molecule has 0 heterocycles. The van der Waals surface area contributed by atoms with Crippen molar-refractivity contribution < 1.29 is 26.2 Å². The molecule has 0 aromatic heterocycles. The van der Waals surface area contributed by atoms with Crippen molar-refractivity contribution in [1.82, 2.24) is 0 Å². The first kappa shape index (κ1) is 31.5. The molecule has 0 saturated heterocycles. The minimum atomic E-state index is 0. The summed E-state index contributed by atoms with van der Waals surface area (Å²) < 4.78 is 0. The molecule has 0 aliphatic carbocycles. The molecule has 0 spiro atoms. The van der Waals surface area contributed by atoms with Gasteiger partial charge in [-0.1, -0.05) is 64.0 Å². The minimum Gasteiger partial charge on any atom is -0.165 e. The maximum Gasteiger partial charge on any atom is 2.00 e. The van der Waals surface area contributed by atoms with Gasteiger partial charge in [-0.25, -0.2) is 0 Å². The number of fused-ring (bicyclic) bond motifs is 2. The smallest absolute Gasteiger partial charge is 0.165 e. The fourth-order valence-electron chi connectivity index (χ4n) is 3.47. The summed E-state index contributed by atoms with van der Waals surface area (Å²) in [6.45, 7) is 17.3. The van der Waals surface area contributed by atoms with Crippen molar-refractivity contribution in [1.29, 1.82) is 0 Å². The summed E-state index contributed by atoms with van der Waals surface area (Å²) in [5.41, 5.74) is 8.24. The molecule has 0 saturated carbocycles. The van der Waals surface area contributed by atoms with Crippen molar-refractivity contribution in [2.24, 2.45) is 0 Å². The number of hydrogen-bond donors (Lipinski definition) is 0. The Morgan fingerprint density at radius 3 is 1.10 bits per heavy atom. The molecule has 160 valence electrons. The van der Waals surface area contributed by atoms with Crippen LogP contribution in [0.4, 0.5) is 0 Å². The van der Waals surface area contributed by atoms with Gasteiger partial charge in [-0.05, 0) is 13.8 Å². The maximum atomic E-state index is 2.26. The molecule has 0 atom stereocenters. The number of rotatable bonds is 0. The zero-order chi connectivity index (χ0) is 20.1. The third-order valence-electron chi connectivity index (χ3n) is 4.93. The van der Waals surface area contributed by atoms with Crippen LogP contribution in [0.2, 0.25) is 13.1 Å². The van der Waals surface area contributed by atoms with Gasteiger partial charge < -0.3 is 0 Å². The Balaban J connectivity index is 0. The van der Waals surface area contributed by atoms with E-state index in [1.54, 1.807) is 0 Å². The van der Waals surface area contributed by atoms with Crippen LogP contribution in [0, 0.1) is 41.5 Å². The summed E-state index contributed by atoms with van der Waals surface area (Å²) in [6, 6.07) is 17.8. The molecule has 4 aromatic rings. The van der Waals surface area contributed by atoms with Gasteiger partial charge in [0, 0.05) is 9.52 Å². The van der Waals surface area contributed by atoms with Crippen LogP contribution in [0.1, 0.15) is 33.4 Å². The SMILES string of the molecule is C[Si]C.Cc1cc2c(C)ccc(C)c2[cH-]1.Cc1cc2c(C)ccc(C)c2[cH-]1.Cl.Cl.[Zr+2]. The van der Waals surface area contributed by atoms with Crippen molar-refractivity contribution >= 4 is 55.9 Å². The van der Waals surface area contributed by atoms with Gasteiger partial charge in [-0.15, -0.1) is 92.9 Å². The molecular weight excluding hydrogens is 503 g/mol. The molecule has 4 aromatic carbocycles. The average Bonchev–Trinajstić information content (AvgIpc) is 3.20. The van der Waals surface area contributed by atoms with E-state index in [9.17, 15) is 0 Å². The predicted molar refractivity (Wildman–Crippen MR) is 139 cm³/mol. The number of benzene rings is 2. The van der Waals surface area contributed by atoms with E-state index in [1.165, 1.54) is 54.9 Å². The van der Waals surface area contributed by atoms with Crippen molar-refractivity contribution in [3.8, 4) is 0 Å². The Kier molecular flexibility index (Phi) is 15.1. The van der Waals surface area contributed by atoms with Crippen LogP contribution in [0.25, 0.3) is 21.5 Å². The second-order valence-electron chi connectivity index (χ2n) is 7.62. The molecular formula is C26H34Cl2SiZr. The first-order chi connectivity index (χ1) is 12.8. The standard InChI is InChI=1S/2C12H13.C2H6Si.2ClH.Zr/c2*1-8-6-11-9(2)4-5-10(3)12(11)7-8;1-3-2;;;/h2*4-7H,1-3H3;1-2H3;2*1H;/q2*-1;;;;+2. The second-order valence-corrected chi connectivity index (χ2v) is 8.62. The van der Waals surface area contributed by atoms with Gasteiger partial charge in [-0.3, -0.25) is 0 Å². The molecule has 0 amide bonds. The normalized spacial score (nSPS) is 9.33. The van der Waals surface area contributed by atoms with E-state index in [1.807, 2.05) is 0 Å². The summed E-state index contributed by atoms with van der Waals surface area (Å²) in [7, 11) is 1.08. The van der Waals surface area contributed by atoms with Crippen molar-refractivity contribution in [3.63, 3.8) is 0 Å². The van der Waals surface area contributed by atoms with E-state index in [0.717, 1.165) is 9.52 Å². The molecule has 0 bridgehead atoms. The fraction of sp³-hybridized carbons (Fsp3) is 0.308. The topological polar surface area (TPSA) is 0 Å². The summed E-state index contributed by atoms with van der Waals surface area (Å²) in [5, 5.41) is 5.64. The van der Waals surface area contributed by atoms with Crippen LogP contribution in [-0.2, 0) is 26.2 Å². The van der Waals surface area contributed by atoms with Crippen LogP contribution in [-0.4, -0.2) is 9.52 Å². The largest absolute Gasteiger partial charge is 2.00 e. The molecule has 30 heavy (non-hydrogen) atoms. The number of aryl methyl sites for hydroxylation is 6. The number of hydrogen-bond acceptors (Lipinski definition) is 0. The Hall–Kier alpha value is -0.660. The van der Waals surface area contributed by atoms with Gasteiger partial charge in [0.05, 0.1) is 0 Å². The third-order valence-corrected chi connectivity index (χ3v) is 4.93. The van der Waals surface area contributed by atoms with Crippen molar-refractivity contribution in [3.05, 3.63) is 81.9 Å². The molecule has 0 N–H and O–H groups in total. The van der Waals surface area contributed by atoms with Crippen LogP contribution in [0.15, 0.2) is 48.5 Å². The van der Waals surface area contributed by atoms with E-state index in [-0.39, 0.29) is 51.0 Å². The van der Waals surface area contributed by atoms with E-state index in [4.69, 9.17) is 0 Å². The fourth-order valence-corrected chi connectivity index (χ4v) is 3.47. The number of halogens is 2. The summed E-state index contributed by atoms with van der Waals surface area (Å²) in [5.74, 6) is 0. The Morgan fingerprint density at radius 1 is 0.567 bits per heavy atom. The average molecular weight is 537 g/mol. The second kappa shape index (κ2) is 14.4. The van der Waals surface area contributed by atoms with Gasteiger partial charge >= 0.3 is 26.2 Å². The molecule has 0 aliphatic rings. The predicted octanol–water partition coefficient (Wildman–Crippen LogP) is 8.60. The summed E-state index contributed by atoms with van der Waals surface area (Å²) in [6.07, 6.45) is 0. The van der Waals surface area contributed by atoms with E-state index >= 15 is 0 Å². The monoisotopic (exact) mass is 534 g/mol. The first-order valence-electron chi connectivity index (χ1n) is 9.63. The molecule has 4 heteroatoms. The Labute approximate surface area is 217 Å². The van der Waals surface area contributed by atoms with Crippen LogP contribution in [0.5, 0.6) is 0 Å². The van der Waals surface area contributed by atoms with Gasteiger partial charge in [-0.2, -0.15) is 12.1 Å². The Bertz CT molecular complexity index is 882. The molecule has 0 aliphatic heterocycles. The van der Waals surface area contributed by atoms with Gasteiger partial charge in [0.1, 0.15) is 0 Å². The van der Waals surface area contributed by atoms with Gasteiger partial charge in [0.15, 0.2) is 0 Å². The van der Waals surface area contributed by atoms with Gasteiger partial charge in [0.2, 0.25) is 0 Å². The van der Waals surface area contributed by atoms with Crippen LogP contribution >= 0.6 is 24.8 Å². The van der Waals surface area contributed by atoms with E-state index in [2.05, 4.69) is 103 Å². The van der Waals surface area contributed by atoms with Crippen molar-refractivity contribution in [2.45, 2.75) is 54.6 Å².